The summed E-state index contributed by atoms with van der Waals surface area (Å²) < 4.78 is 62.7. The van der Waals surface area contributed by atoms with Gasteiger partial charge in [-0.3, -0.25) is 9.11 Å². The van der Waals surface area contributed by atoms with E-state index >= 15 is 0 Å². The highest BCUT2D eigenvalue weighted by Crippen LogP contribution is 2.28. The maximum atomic E-state index is 11.2. The average molecular weight is 617 g/mol. The van der Waals surface area contributed by atoms with Crippen molar-refractivity contribution in [2.24, 2.45) is 0 Å². The number of nitrogens with two attached hydrogens (primary N) is 1. The molecule has 9 N–H and O–H groups in total. The van der Waals surface area contributed by atoms with Crippen LogP contribution in [0.3, 0.4) is 0 Å². The fraction of sp³-hybridized carbons (Fsp3) is 0.385. The molecule has 0 aromatic heterocycles. The summed E-state index contributed by atoms with van der Waals surface area (Å²) in [5, 5.41) is 47.7. The smallest absolute Gasteiger partial charge is 0.295 e. The van der Waals surface area contributed by atoms with Gasteiger partial charge in [0.15, 0.2) is 0 Å². The summed E-state index contributed by atoms with van der Waals surface area (Å²) in [5.74, 6) is 0.250. The van der Waals surface area contributed by atoms with E-state index in [2.05, 4.69) is 0 Å². The van der Waals surface area contributed by atoms with Gasteiger partial charge in [0, 0.05) is 35.7 Å². The van der Waals surface area contributed by atoms with Gasteiger partial charge in [0.05, 0.1) is 12.7 Å². The Bertz CT molecular complexity index is 1480. The van der Waals surface area contributed by atoms with Crippen LogP contribution in [0.15, 0.2) is 64.4 Å². The molecule has 3 aromatic carbocycles. The second-order valence-electron chi connectivity index (χ2n) is 9.70. The Kier molecular flexibility index (Phi) is 11.6. The highest BCUT2D eigenvalue weighted by molar-refractivity contribution is 7.86. The number of rotatable bonds is 10. The van der Waals surface area contributed by atoms with Crippen molar-refractivity contribution in [2.75, 3.05) is 30.8 Å². The Labute approximate surface area is 238 Å². The van der Waals surface area contributed by atoms with E-state index in [-0.39, 0.29) is 23.2 Å². The van der Waals surface area contributed by atoms with Gasteiger partial charge in [-0.2, -0.15) is 16.8 Å². The molecule has 0 amide bonds. The van der Waals surface area contributed by atoms with Gasteiger partial charge in [0.2, 0.25) is 0 Å². The lowest BCUT2D eigenvalue weighted by Crippen LogP contribution is -2.49. The van der Waals surface area contributed by atoms with Crippen LogP contribution in [0.2, 0.25) is 0 Å². The second-order valence-corrected chi connectivity index (χ2v) is 12.5. The topological polar surface area (TPSA) is 239 Å². The van der Waals surface area contributed by atoms with Crippen LogP contribution in [0.25, 0.3) is 10.8 Å². The molecule has 228 valence electrons. The van der Waals surface area contributed by atoms with Crippen LogP contribution >= 0.6 is 0 Å². The van der Waals surface area contributed by atoms with Crippen molar-refractivity contribution in [3.63, 3.8) is 0 Å². The molecule has 13 nitrogen and oxygen atoms in total. The van der Waals surface area contributed by atoms with Gasteiger partial charge in [-0.05, 0) is 41.8 Å². The van der Waals surface area contributed by atoms with E-state index in [0.29, 0.717) is 5.69 Å². The zero-order valence-electron chi connectivity index (χ0n) is 22.6. The second kappa shape index (κ2) is 13.9. The van der Waals surface area contributed by atoms with Crippen molar-refractivity contribution in [1.29, 1.82) is 0 Å². The molecular weight excluding hydrogens is 580 g/mol. The average Bonchev–Trinajstić information content (AvgIpc) is 2.90. The Balaban J connectivity index is 0.000000295. The minimum atomic E-state index is -4.47. The van der Waals surface area contributed by atoms with Gasteiger partial charge in [-0.1, -0.05) is 38.1 Å². The normalized spacial score (nSPS) is 15.1. The molecule has 0 aliphatic rings. The number of likely N-dealkylation sites (N-methyl/N-ethyl adjacent to an activating group) is 1. The Hall–Kier alpha value is -2.86. The minimum Gasteiger partial charge on any atom is -0.398 e. The van der Waals surface area contributed by atoms with Crippen molar-refractivity contribution in [1.82, 2.24) is 0 Å². The molecule has 15 heteroatoms. The van der Waals surface area contributed by atoms with Gasteiger partial charge >= 0.3 is 0 Å². The predicted molar refractivity (Wildman–Crippen MR) is 153 cm³/mol. The number of hydrogen-bond donors (Lipinski definition) is 8. The van der Waals surface area contributed by atoms with Crippen LogP contribution in [-0.2, 0) is 20.2 Å². The summed E-state index contributed by atoms with van der Waals surface area (Å²) in [4.78, 5) is 0.896. The van der Waals surface area contributed by atoms with Gasteiger partial charge in [0.1, 0.15) is 28.1 Å². The van der Waals surface area contributed by atoms with Crippen LogP contribution in [0.1, 0.15) is 25.3 Å². The lowest BCUT2D eigenvalue weighted by atomic mass is 10.00. The highest BCUT2D eigenvalue weighted by Gasteiger charge is 2.30. The standard InChI is InChI=1S/C16H28N2O5.C10H8O6S2/c1-9(2)11-6-10(4-5-12(11)17)18(3)7-13(20)15(22)16(23)14(21)8-19;11-17(12,13)9-5-1-3-7-8(9)4-2-6-10(7)18(14,15)16/h4-6,9,13-16,19-23H,7-8,17H2,1-3H3;1-6H,(H,11,12,13)(H,14,15,16)/t13-,14+,15+,16+;/m0./s1. The molecule has 0 spiro atoms. The van der Waals surface area contributed by atoms with E-state index in [4.69, 9.17) is 19.9 Å². The molecule has 0 heterocycles. The van der Waals surface area contributed by atoms with E-state index in [0.717, 1.165) is 23.4 Å². The molecule has 0 aliphatic heterocycles. The molecule has 0 fully saturated rings. The maximum Gasteiger partial charge on any atom is 0.295 e. The third-order valence-corrected chi connectivity index (χ3v) is 8.14. The number of nitrogen functional groups attached to an aromatic ring is 1. The van der Waals surface area contributed by atoms with E-state index in [1.807, 2.05) is 19.9 Å². The molecule has 41 heavy (non-hydrogen) atoms. The first-order valence-electron chi connectivity index (χ1n) is 12.3. The van der Waals surface area contributed by atoms with Gasteiger partial charge in [-0.15, -0.1) is 0 Å². The van der Waals surface area contributed by atoms with Crippen molar-refractivity contribution in [2.45, 2.75) is 54.0 Å². The molecule has 0 aliphatic carbocycles. The summed E-state index contributed by atoms with van der Waals surface area (Å²) in [6.45, 7) is 3.40. The summed E-state index contributed by atoms with van der Waals surface area (Å²) in [5.41, 5.74) is 8.43. The SMILES string of the molecule is CC(C)c1cc(N(C)C[C@H](O)[C@@H](O)[C@H](O)[C@H](O)CO)ccc1N.O=S(=O)(O)c1cccc2c(S(=O)(=O)O)cccc12. The van der Waals surface area contributed by atoms with Gasteiger partial charge in [-0.25, -0.2) is 0 Å². The summed E-state index contributed by atoms with van der Waals surface area (Å²) >= 11 is 0. The van der Waals surface area contributed by atoms with Crippen molar-refractivity contribution in [3.8, 4) is 0 Å². The summed E-state index contributed by atoms with van der Waals surface area (Å²) in [7, 11) is -7.20. The fourth-order valence-electron chi connectivity index (χ4n) is 4.06. The number of aliphatic hydroxyl groups is 5. The zero-order chi connectivity index (χ0) is 31.3. The molecule has 0 saturated carbocycles. The number of anilines is 2. The molecule has 3 aromatic rings. The quantitative estimate of drug-likeness (QED) is 0.115. The van der Waals surface area contributed by atoms with Crippen molar-refractivity contribution >= 4 is 42.4 Å². The minimum absolute atomic E-state index is 0.0233. The monoisotopic (exact) mass is 616 g/mol. The first-order valence-corrected chi connectivity index (χ1v) is 15.2. The molecular formula is C26H36N2O11S2. The predicted octanol–water partition coefficient (Wildman–Crippen LogP) is 0.598. The van der Waals surface area contributed by atoms with Crippen molar-refractivity contribution < 1.29 is 51.5 Å². The van der Waals surface area contributed by atoms with E-state index in [9.17, 15) is 37.3 Å². The molecule has 4 atom stereocenters. The number of benzene rings is 3. The van der Waals surface area contributed by atoms with Crippen molar-refractivity contribution in [3.05, 3.63) is 60.2 Å². The molecule has 0 radical (unpaired) electrons. The molecule has 0 unspecified atom stereocenters. The Morgan fingerprint density at radius 2 is 1.24 bits per heavy atom. The van der Waals surface area contributed by atoms with Crippen LogP contribution in [-0.4, -0.2) is 96.1 Å². The van der Waals surface area contributed by atoms with E-state index in [1.54, 1.807) is 24.1 Å². The maximum absolute atomic E-state index is 11.2. The fourth-order valence-corrected chi connectivity index (χ4v) is 5.47. The number of nitrogens with zero attached hydrogens (tertiary/aromatic N) is 1. The van der Waals surface area contributed by atoms with Crippen LogP contribution < -0.4 is 10.6 Å². The molecule has 3 rings (SSSR count). The van der Waals surface area contributed by atoms with Crippen LogP contribution in [0.4, 0.5) is 11.4 Å². The third kappa shape index (κ3) is 8.81. The van der Waals surface area contributed by atoms with E-state index in [1.165, 1.54) is 24.3 Å². The summed E-state index contributed by atoms with van der Waals surface area (Å²) in [6, 6.07) is 13.0. The van der Waals surface area contributed by atoms with Crippen LogP contribution in [0.5, 0.6) is 0 Å². The van der Waals surface area contributed by atoms with Gasteiger partial charge in [0.25, 0.3) is 20.2 Å². The third-order valence-electron chi connectivity index (χ3n) is 6.32. The largest absolute Gasteiger partial charge is 0.398 e. The highest BCUT2D eigenvalue weighted by atomic mass is 32.2. The number of fused-ring (bicyclic) bond motifs is 1. The number of hydrogen-bond acceptors (Lipinski definition) is 11. The van der Waals surface area contributed by atoms with E-state index < -0.39 is 61.0 Å². The zero-order valence-corrected chi connectivity index (χ0v) is 24.2. The number of aliphatic hydroxyl groups excluding tert-OH is 5. The lowest BCUT2D eigenvalue weighted by molar-refractivity contribution is -0.112. The van der Waals surface area contributed by atoms with Crippen LogP contribution in [0, 0.1) is 0 Å². The Morgan fingerprint density at radius 3 is 1.66 bits per heavy atom. The first kappa shape index (κ1) is 34.3. The molecule has 0 saturated heterocycles. The lowest BCUT2D eigenvalue weighted by Gasteiger charge is -2.30. The first-order chi connectivity index (χ1) is 18.9. The van der Waals surface area contributed by atoms with Gasteiger partial charge < -0.3 is 36.2 Å². The Morgan fingerprint density at radius 1 is 0.780 bits per heavy atom. The molecule has 0 bridgehead atoms. The summed E-state index contributed by atoms with van der Waals surface area (Å²) in [6.07, 6.45) is -6.00.